The zero-order valence-corrected chi connectivity index (χ0v) is 28.8. The number of aromatic nitrogens is 5. The summed E-state index contributed by atoms with van der Waals surface area (Å²) in [6, 6.07) is 7.32. The highest BCUT2D eigenvalue weighted by Gasteiger charge is 2.39. The first-order valence-electron chi connectivity index (χ1n) is 15.9. The van der Waals surface area contributed by atoms with E-state index in [4.69, 9.17) is 17.3 Å². The predicted octanol–water partition coefficient (Wildman–Crippen LogP) is 4.44. The van der Waals surface area contributed by atoms with Gasteiger partial charge in [-0.2, -0.15) is 18.3 Å². The lowest BCUT2D eigenvalue weighted by atomic mass is 10.00. The maximum absolute atomic E-state index is 14.0. The summed E-state index contributed by atoms with van der Waals surface area (Å²) < 4.78 is 44.2. The standard InChI is InChI=1S/C33H38ClF3N10O3/c1-5-20(10-11-43(2)3)31(49)45-12-14-46(15-13-45)32(50)23-8-7-22(16-25(23)34)41-30(48)29-40-18-26(44(29)4)24-19-47(42-28(24)33(35,36)37)27-9-6-21(38)17-39-27/h6-9,16-20H,5,10-15,38H2,1-4H3,(H,41,48)/t20-/m0/s1. The van der Waals surface area contributed by atoms with E-state index in [1.54, 1.807) is 4.90 Å². The number of rotatable bonds is 10. The lowest BCUT2D eigenvalue weighted by Gasteiger charge is -2.36. The minimum absolute atomic E-state index is 0.0104. The van der Waals surface area contributed by atoms with E-state index in [9.17, 15) is 27.6 Å². The molecule has 1 aliphatic heterocycles. The van der Waals surface area contributed by atoms with Crippen LogP contribution in [0.2, 0.25) is 5.02 Å². The van der Waals surface area contributed by atoms with E-state index in [0.29, 0.717) is 31.9 Å². The summed E-state index contributed by atoms with van der Waals surface area (Å²) in [5, 5.41) is 6.44. The maximum Gasteiger partial charge on any atom is 0.435 e. The van der Waals surface area contributed by atoms with Crippen LogP contribution in [0.3, 0.4) is 0 Å². The number of benzene rings is 1. The van der Waals surface area contributed by atoms with Gasteiger partial charge >= 0.3 is 6.18 Å². The van der Waals surface area contributed by atoms with Crippen molar-refractivity contribution >= 4 is 40.7 Å². The SMILES string of the molecule is CC[C@@H](CCN(C)C)C(=O)N1CCN(C(=O)c2ccc(NC(=O)c3ncc(-c4cn(-c5ccc(N)cn5)nc4C(F)(F)F)n3C)cc2Cl)CC1. The van der Waals surface area contributed by atoms with Crippen molar-refractivity contribution in [3.05, 3.63) is 71.0 Å². The van der Waals surface area contributed by atoms with Gasteiger partial charge in [-0.05, 0) is 63.8 Å². The molecule has 1 fully saturated rings. The molecule has 4 aromatic rings. The molecular weight excluding hydrogens is 677 g/mol. The topological polar surface area (TPSA) is 148 Å². The molecule has 0 bridgehead atoms. The highest BCUT2D eigenvalue weighted by molar-refractivity contribution is 6.34. The zero-order chi connectivity index (χ0) is 36.3. The Labute approximate surface area is 291 Å². The number of hydrogen-bond donors (Lipinski definition) is 2. The summed E-state index contributed by atoms with van der Waals surface area (Å²) in [6.45, 7) is 4.38. The molecule has 0 saturated carbocycles. The Morgan fingerprint density at radius 1 is 1.04 bits per heavy atom. The van der Waals surface area contributed by atoms with Crippen molar-refractivity contribution in [3.8, 4) is 17.1 Å². The Kier molecular flexibility index (Phi) is 10.8. The summed E-state index contributed by atoms with van der Waals surface area (Å²) in [6.07, 6.45) is 0.310. The Morgan fingerprint density at radius 3 is 2.34 bits per heavy atom. The number of nitrogen functional groups attached to an aromatic ring is 1. The third kappa shape index (κ3) is 7.91. The van der Waals surface area contributed by atoms with E-state index in [1.807, 2.05) is 25.9 Å². The summed E-state index contributed by atoms with van der Waals surface area (Å²) in [4.78, 5) is 53.2. The number of anilines is 2. The number of imidazole rings is 1. The number of carbonyl (C=O) groups is 3. The second kappa shape index (κ2) is 14.9. The normalized spacial score (nSPS) is 14.3. The number of carbonyl (C=O) groups excluding carboxylic acids is 3. The summed E-state index contributed by atoms with van der Waals surface area (Å²) >= 11 is 6.49. The monoisotopic (exact) mass is 714 g/mol. The van der Waals surface area contributed by atoms with Crippen LogP contribution in [0.4, 0.5) is 24.5 Å². The van der Waals surface area contributed by atoms with Crippen molar-refractivity contribution < 1.29 is 27.6 Å². The van der Waals surface area contributed by atoms with Crippen molar-refractivity contribution in [2.75, 3.05) is 57.9 Å². The summed E-state index contributed by atoms with van der Waals surface area (Å²) in [5.41, 5.74) is 4.95. The molecule has 266 valence electrons. The van der Waals surface area contributed by atoms with Gasteiger partial charge in [-0.1, -0.05) is 18.5 Å². The summed E-state index contributed by atoms with van der Waals surface area (Å²) in [7, 11) is 5.36. The van der Waals surface area contributed by atoms with Gasteiger partial charge in [0.1, 0.15) is 0 Å². The molecule has 17 heteroatoms. The largest absolute Gasteiger partial charge is 0.435 e. The van der Waals surface area contributed by atoms with Crippen LogP contribution in [-0.2, 0) is 18.0 Å². The molecule has 4 heterocycles. The van der Waals surface area contributed by atoms with Crippen molar-refractivity contribution in [1.29, 1.82) is 0 Å². The average Bonchev–Trinajstić information content (AvgIpc) is 3.69. The number of amides is 3. The highest BCUT2D eigenvalue weighted by Crippen LogP contribution is 2.37. The van der Waals surface area contributed by atoms with Crippen LogP contribution in [0.15, 0.2) is 48.9 Å². The molecule has 1 aromatic carbocycles. The first kappa shape index (κ1) is 36.3. The average molecular weight is 715 g/mol. The molecule has 1 aliphatic rings. The van der Waals surface area contributed by atoms with Gasteiger partial charge in [0.25, 0.3) is 11.8 Å². The van der Waals surface area contributed by atoms with E-state index >= 15 is 0 Å². The molecule has 5 rings (SSSR count). The molecule has 3 N–H and O–H groups in total. The van der Waals surface area contributed by atoms with Crippen molar-refractivity contribution in [3.63, 3.8) is 0 Å². The number of nitrogens with zero attached hydrogens (tertiary/aromatic N) is 8. The fourth-order valence-corrected chi connectivity index (χ4v) is 5.98. The van der Waals surface area contributed by atoms with Crippen LogP contribution in [0, 0.1) is 5.92 Å². The van der Waals surface area contributed by atoms with E-state index in [1.165, 1.54) is 48.1 Å². The van der Waals surface area contributed by atoms with Gasteiger partial charge in [-0.3, -0.25) is 14.4 Å². The second-order valence-corrected chi connectivity index (χ2v) is 12.7. The molecular formula is C33H38ClF3N10O3. The third-order valence-electron chi connectivity index (χ3n) is 8.56. The molecule has 0 aliphatic carbocycles. The minimum Gasteiger partial charge on any atom is -0.397 e. The third-order valence-corrected chi connectivity index (χ3v) is 8.87. The number of nitrogens with one attached hydrogen (secondary N) is 1. The number of hydrogen-bond acceptors (Lipinski definition) is 8. The highest BCUT2D eigenvalue weighted by atomic mass is 35.5. The Hall–Kier alpha value is -4.96. The quantitative estimate of drug-likeness (QED) is 0.245. The Morgan fingerprint density at radius 2 is 1.74 bits per heavy atom. The lowest BCUT2D eigenvalue weighted by Crippen LogP contribution is -2.52. The van der Waals surface area contributed by atoms with E-state index in [0.717, 1.165) is 36.5 Å². The van der Waals surface area contributed by atoms with Gasteiger partial charge < -0.3 is 30.3 Å². The second-order valence-electron chi connectivity index (χ2n) is 12.3. The van der Waals surface area contributed by atoms with Crippen molar-refractivity contribution in [1.82, 2.24) is 39.0 Å². The van der Waals surface area contributed by atoms with E-state index < -0.39 is 17.8 Å². The van der Waals surface area contributed by atoms with Crippen LogP contribution < -0.4 is 11.1 Å². The first-order valence-corrected chi connectivity index (χ1v) is 16.3. The fraction of sp³-hybridized carbons (Fsp3) is 0.394. The number of halogens is 4. The molecule has 50 heavy (non-hydrogen) atoms. The zero-order valence-electron chi connectivity index (χ0n) is 28.0. The van der Waals surface area contributed by atoms with Crippen molar-refractivity contribution in [2.24, 2.45) is 13.0 Å². The molecule has 3 amide bonds. The molecule has 0 radical (unpaired) electrons. The summed E-state index contributed by atoms with van der Waals surface area (Å²) in [5.74, 6) is -1.05. The number of pyridine rings is 1. The molecule has 3 aromatic heterocycles. The molecule has 0 unspecified atom stereocenters. The van der Waals surface area contributed by atoms with E-state index in [2.05, 4.69) is 25.3 Å². The Bertz CT molecular complexity index is 1870. The van der Waals surface area contributed by atoms with Gasteiger partial charge in [0, 0.05) is 51.0 Å². The molecule has 13 nitrogen and oxygen atoms in total. The van der Waals surface area contributed by atoms with Crippen LogP contribution >= 0.6 is 11.6 Å². The lowest BCUT2D eigenvalue weighted by molar-refractivity contribution is -0.141. The minimum atomic E-state index is -4.81. The van der Waals surface area contributed by atoms with Crippen LogP contribution in [0.5, 0.6) is 0 Å². The van der Waals surface area contributed by atoms with Crippen LogP contribution in [-0.4, -0.2) is 104 Å². The number of nitrogens with two attached hydrogens (primary N) is 1. The maximum atomic E-state index is 14.0. The number of alkyl halides is 3. The van der Waals surface area contributed by atoms with Crippen LogP contribution in [0.25, 0.3) is 17.1 Å². The van der Waals surface area contributed by atoms with Crippen LogP contribution in [0.1, 0.15) is 46.4 Å². The van der Waals surface area contributed by atoms with Gasteiger partial charge in [-0.25, -0.2) is 14.6 Å². The number of piperazine rings is 1. The first-order chi connectivity index (χ1) is 23.7. The smallest absolute Gasteiger partial charge is 0.397 e. The Balaban J connectivity index is 1.26. The van der Waals surface area contributed by atoms with Gasteiger partial charge in [0.2, 0.25) is 5.91 Å². The fourth-order valence-electron chi connectivity index (χ4n) is 5.72. The van der Waals surface area contributed by atoms with Gasteiger partial charge in [-0.15, -0.1) is 0 Å². The molecule has 1 atom stereocenters. The predicted molar refractivity (Wildman–Crippen MR) is 182 cm³/mol. The van der Waals surface area contributed by atoms with Crippen molar-refractivity contribution in [2.45, 2.75) is 25.9 Å². The van der Waals surface area contributed by atoms with E-state index in [-0.39, 0.29) is 56.9 Å². The molecule has 0 spiro atoms. The van der Waals surface area contributed by atoms with Gasteiger partial charge in [0.05, 0.1) is 39.9 Å². The molecule has 1 saturated heterocycles. The van der Waals surface area contributed by atoms with Gasteiger partial charge in [0.15, 0.2) is 17.3 Å².